The van der Waals surface area contributed by atoms with Gasteiger partial charge in [0.05, 0.1) is 11.8 Å². The normalized spacial score (nSPS) is 13.2. The molecular formula is C14H20N2OS. The summed E-state index contributed by atoms with van der Waals surface area (Å²) in [5.41, 5.74) is 2.20. The second-order valence-corrected chi connectivity index (χ2v) is 6.28. The molecule has 0 aliphatic carbocycles. The number of aliphatic hydroxyl groups excluding tert-OH is 1. The van der Waals surface area contributed by atoms with Crippen molar-refractivity contribution < 1.29 is 5.11 Å². The van der Waals surface area contributed by atoms with Gasteiger partial charge in [-0.3, -0.25) is 4.68 Å². The third-order valence-electron chi connectivity index (χ3n) is 3.11. The van der Waals surface area contributed by atoms with E-state index in [-0.39, 0.29) is 0 Å². The molecule has 0 aliphatic heterocycles. The Morgan fingerprint density at radius 3 is 2.61 bits per heavy atom. The zero-order valence-corrected chi connectivity index (χ0v) is 12.2. The van der Waals surface area contributed by atoms with E-state index in [9.17, 15) is 5.11 Å². The predicted molar refractivity (Wildman–Crippen MR) is 75.1 cm³/mol. The maximum Gasteiger partial charge on any atom is 0.0938 e. The molecule has 2 heterocycles. The number of nitrogens with zero attached hydrogens (tertiary/aromatic N) is 2. The van der Waals surface area contributed by atoms with Gasteiger partial charge < -0.3 is 5.11 Å². The Hall–Kier alpha value is -1.13. The van der Waals surface area contributed by atoms with Gasteiger partial charge in [0.15, 0.2) is 0 Å². The Kier molecular flexibility index (Phi) is 3.88. The first-order valence-electron chi connectivity index (χ1n) is 6.26. The summed E-state index contributed by atoms with van der Waals surface area (Å²) in [5, 5.41) is 14.7. The molecule has 3 nitrogen and oxygen atoms in total. The average Bonchev–Trinajstić information content (AvgIpc) is 2.87. The number of hydrogen-bond acceptors (Lipinski definition) is 3. The number of hydrogen-bond donors (Lipinski definition) is 1. The van der Waals surface area contributed by atoms with E-state index < -0.39 is 6.10 Å². The number of aliphatic hydroxyl groups is 1. The molecule has 2 aromatic rings. The first-order valence-corrected chi connectivity index (χ1v) is 7.08. The van der Waals surface area contributed by atoms with E-state index >= 15 is 0 Å². The highest BCUT2D eigenvalue weighted by molar-refractivity contribution is 7.12. The molecule has 2 rings (SSSR count). The van der Waals surface area contributed by atoms with Gasteiger partial charge in [-0.25, -0.2) is 0 Å². The fourth-order valence-electron chi connectivity index (χ4n) is 1.84. The number of aryl methyl sites for hydroxylation is 2. The monoisotopic (exact) mass is 264 g/mol. The molecule has 1 unspecified atom stereocenters. The molecule has 0 saturated carbocycles. The molecule has 0 spiro atoms. The quantitative estimate of drug-likeness (QED) is 0.919. The summed E-state index contributed by atoms with van der Waals surface area (Å²) in [7, 11) is 0. The molecule has 4 heteroatoms. The predicted octanol–water partition coefficient (Wildman–Crippen LogP) is 3.42. The summed E-state index contributed by atoms with van der Waals surface area (Å²) in [6, 6.07) is 4.42. The molecule has 1 N–H and O–H groups in total. The maximum atomic E-state index is 10.2. The second-order valence-electron chi connectivity index (χ2n) is 4.99. The van der Waals surface area contributed by atoms with E-state index in [1.54, 1.807) is 11.3 Å². The Morgan fingerprint density at radius 2 is 2.11 bits per heavy atom. The Morgan fingerprint density at radius 1 is 1.39 bits per heavy atom. The lowest BCUT2D eigenvalue weighted by atomic mass is 10.1. The zero-order chi connectivity index (χ0) is 13.3. The van der Waals surface area contributed by atoms with E-state index in [0.29, 0.717) is 12.5 Å². The summed E-state index contributed by atoms with van der Waals surface area (Å²) >= 11 is 1.67. The van der Waals surface area contributed by atoms with Crippen LogP contribution < -0.4 is 0 Å². The van der Waals surface area contributed by atoms with Crippen LogP contribution in [0.5, 0.6) is 0 Å². The molecule has 0 bridgehead atoms. The highest BCUT2D eigenvalue weighted by Gasteiger charge is 2.14. The molecule has 0 amide bonds. The Bertz CT molecular complexity index is 508. The van der Waals surface area contributed by atoms with E-state index in [4.69, 9.17) is 0 Å². The fraction of sp³-hybridized carbons (Fsp3) is 0.500. The van der Waals surface area contributed by atoms with Gasteiger partial charge in [0.1, 0.15) is 0 Å². The SMILES string of the molecule is Cc1cc(C(O)Cc2ccn(C(C)C)n2)sc1C. The summed E-state index contributed by atoms with van der Waals surface area (Å²) in [6.45, 7) is 8.36. The summed E-state index contributed by atoms with van der Waals surface area (Å²) in [6.07, 6.45) is 2.11. The maximum absolute atomic E-state index is 10.2. The van der Waals surface area contributed by atoms with Gasteiger partial charge in [-0.15, -0.1) is 11.3 Å². The number of aromatic nitrogens is 2. The van der Waals surface area contributed by atoms with Crippen molar-refractivity contribution in [2.45, 2.75) is 46.3 Å². The Labute approximate surface area is 112 Å². The van der Waals surface area contributed by atoms with Gasteiger partial charge >= 0.3 is 0 Å². The largest absolute Gasteiger partial charge is 0.387 e. The minimum atomic E-state index is -0.446. The van der Waals surface area contributed by atoms with Crippen LogP contribution >= 0.6 is 11.3 Å². The van der Waals surface area contributed by atoms with Crippen LogP contribution in [0.2, 0.25) is 0 Å². The van der Waals surface area contributed by atoms with Crippen LogP contribution in [0.4, 0.5) is 0 Å². The van der Waals surface area contributed by atoms with E-state index in [1.807, 2.05) is 16.9 Å². The lowest BCUT2D eigenvalue weighted by Gasteiger charge is -2.07. The molecule has 0 aromatic carbocycles. The van der Waals surface area contributed by atoms with Crippen molar-refractivity contribution >= 4 is 11.3 Å². The number of thiophene rings is 1. The molecule has 98 valence electrons. The van der Waals surface area contributed by atoms with E-state index in [1.165, 1.54) is 10.4 Å². The van der Waals surface area contributed by atoms with Crippen LogP contribution in [0.25, 0.3) is 0 Å². The summed E-state index contributed by atoms with van der Waals surface area (Å²) in [4.78, 5) is 2.31. The zero-order valence-electron chi connectivity index (χ0n) is 11.3. The summed E-state index contributed by atoms with van der Waals surface area (Å²) < 4.78 is 1.92. The van der Waals surface area contributed by atoms with Crippen molar-refractivity contribution in [3.8, 4) is 0 Å². The van der Waals surface area contributed by atoms with Crippen molar-refractivity contribution in [1.29, 1.82) is 0 Å². The van der Waals surface area contributed by atoms with Crippen molar-refractivity contribution in [3.63, 3.8) is 0 Å². The molecule has 18 heavy (non-hydrogen) atoms. The van der Waals surface area contributed by atoms with Crippen molar-refractivity contribution in [2.24, 2.45) is 0 Å². The Balaban J connectivity index is 2.08. The first-order chi connectivity index (χ1) is 8.47. The van der Waals surface area contributed by atoms with Gasteiger partial charge in [-0.05, 0) is 45.4 Å². The van der Waals surface area contributed by atoms with Crippen LogP contribution in [-0.2, 0) is 6.42 Å². The van der Waals surface area contributed by atoms with Crippen LogP contribution in [0.3, 0.4) is 0 Å². The minimum absolute atomic E-state index is 0.363. The molecule has 2 aromatic heterocycles. The van der Waals surface area contributed by atoms with Gasteiger partial charge in [0.25, 0.3) is 0 Å². The van der Waals surface area contributed by atoms with Crippen LogP contribution in [0.1, 0.15) is 47.0 Å². The van der Waals surface area contributed by atoms with Crippen LogP contribution in [0.15, 0.2) is 18.3 Å². The topological polar surface area (TPSA) is 38.0 Å². The van der Waals surface area contributed by atoms with Crippen molar-refractivity contribution in [3.05, 3.63) is 39.3 Å². The highest BCUT2D eigenvalue weighted by Crippen LogP contribution is 2.28. The van der Waals surface area contributed by atoms with Crippen molar-refractivity contribution in [1.82, 2.24) is 9.78 Å². The lowest BCUT2D eigenvalue weighted by Crippen LogP contribution is -2.04. The first kappa shape index (κ1) is 13.3. The van der Waals surface area contributed by atoms with Crippen LogP contribution in [0, 0.1) is 13.8 Å². The lowest BCUT2D eigenvalue weighted by molar-refractivity contribution is 0.180. The van der Waals surface area contributed by atoms with Gasteiger partial charge in [0.2, 0.25) is 0 Å². The summed E-state index contributed by atoms with van der Waals surface area (Å²) in [5.74, 6) is 0. The van der Waals surface area contributed by atoms with E-state index in [0.717, 1.165) is 10.6 Å². The standard InChI is InChI=1S/C14H20N2OS/c1-9(2)16-6-5-12(15-16)8-13(17)14-7-10(3)11(4)18-14/h5-7,9,13,17H,8H2,1-4H3. The fourth-order valence-corrected chi connectivity index (χ4v) is 2.87. The molecule has 0 fully saturated rings. The average molecular weight is 264 g/mol. The van der Waals surface area contributed by atoms with E-state index in [2.05, 4.69) is 38.9 Å². The minimum Gasteiger partial charge on any atom is -0.387 e. The molecule has 0 saturated heterocycles. The van der Waals surface area contributed by atoms with Gasteiger partial charge in [0, 0.05) is 28.4 Å². The van der Waals surface area contributed by atoms with Crippen molar-refractivity contribution in [2.75, 3.05) is 0 Å². The van der Waals surface area contributed by atoms with Crippen LogP contribution in [-0.4, -0.2) is 14.9 Å². The molecular weight excluding hydrogens is 244 g/mol. The smallest absolute Gasteiger partial charge is 0.0938 e. The highest BCUT2D eigenvalue weighted by atomic mass is 32.1. The molecule has 0 radical (unpaired) electrons. The molecule has 1 atom stereocenters. The third-order valence-corrected chi connectivity index (χ3v) is 4.36. The second kappa shape index (κ2) is 5.24. The molecule has 0 aliphatic rings. The van der Waals surface area contributed by atoms with Gasteiger partial charge in [-0.1, -0.05) is 0 Å². The number of rotatable bonds is 4. The third kappa shape index (κ3) is 2.82. The van der Waals surface area contributed by atoms with Gasteiger partial charge in [-0.2, -0.15) is 5.10 Å².